The number of carbonyl (C=O) groups is 1. The number of benzene rings is 2. The van der Waals surface area contributed by atoms with Crippen LogP contribution in [-0.4, -0.2) is 20.9 Å². The van der Waals surface area contributed by atoms with E-state index in [1.165, 1.54) is 24.3 Å². The van der Waals surface area contributed by atoms with E-state index in [4.69, 9.17) is 5.14 Å². The number of nitrogens with one attached hydrogen (secondary N) is 1. The van der Waals surface area contributed by atoms with Crippen molar-refractivity contribution in [2.75, 3.05) is 6.54 Å². The smallest absolute Gasteiger partial charge is 0.352 e. The van der Waals surface area contributed by atoms with Crippen LogP contribution in [0.5, 0.6) is 0 Å². The molecule has 0 saturated heterocycles. The monoisotopic (exact) mass is 390 g/mol. The van der Waals surface area contributed by atoms with Gasteiger partial charge in [0.25, 0.3) is 5.91 Å². The molecule has 0 spiro atoms. The number of halogens is 4. The van der Waals surface area contributed by atoms with E-state index in [0.717, 1.165) is 6.07 Å². The number of hydrogen-bond donors (Lipinski definition) is 2. The topological polar surface area (TPSA) is 89.3 Å². The second kappa shape index (κ2) is 7.42. The van der Waals surface area contributed by atoms with Crippen molar-refractivity contribution < 1.29 is 30.8 Å². The molecular formula is C16H14F4N2O3S. The Bertz CT molecular complexity index is 910. The average molecular weight is 390 g/mol. The summed E-state index contributed by atoms with van der Waals surface area (Å²) < 4.78 is 73.5. The molecule has 0 bridgehead atoms. The van der Waals surface area contributed by atoms with Crippen molar-refractivity contribution in [3.05, 3.63) is 65.0 Å². The fraction of sp³-hybridized carbons (Fsp3) is 0.188. The lowest BCUT2D eigenvalue weighted by Crippen LogP contribution is -2.26. The zero-order chi connectivity index (χ0) is 19.5. The van der Waals surface area contributed by atoms with Gasteiger partial charge in [-0.3, -0.25) is 4.79 Å². The molecule has 2 rings (SSSR count). The van der Waals surface area contributed by atoms with Gasteiger partial charge >= 0.3 is 6.18 Å². The van der Waals surface area contributed by atoms with Crippen LogP contribution in [-0.2, 0) is 22.6 Å². The van der Waals surface area contributed by atoms with E-state index < -0.39 is 33.5 Å². The fourth-order valence-electron chi connectivity index (χ4n) is 2.15. The zero-order valence-corrected chi connectivity index (χ0v) is 14.0. The Morgan fingerprint density at radius 2 is 1.69 bits per heavy atom. The maximum absolute atomic E-state index is 13.2. The third kappa shape index (κ3) is 5.02. The summed E-state index contributed by atoms with van der Waals surface area (Å²) in [5, 5.41) is 7.39. The second-order valence-electron chi connectivity index (χ2n) is 5.39. The quantitative estimate of drug-likeness (QED) is 0.769. The first-order valence-corrected chi connectivity index (χ1v) is 8.80. The molecule has 0 fully saturated rings. The number of alkyl halides is 3. The summed E-state index contributed by atoms with van der Waals surface area (Å²) in [6.45, 7) is 0.0896. The van der Waals surface area contributed by atoms with Gasteiger partial charge in [-0.05, 0) is 42.3 Å². The van der Waals surface area contributed by atoms with Gasteiger partial charge in [0.05, 0.1) is 10.5 Å². The molecule has 0 aliphatic rings. The van der Waals surface area contributed by atoms with Crippen LogP contribution in [0.4, 0.5) is 17.6 Å². The molecule has 0 aliphatic carbocycles. The van der Waals surface area contributed by atoms with E-state index in [0.29, 0.717) is 24.1 Å². The summed E-state index contributed by atoms with van der Waals surface area (Å²) in [7, 11) is -3.80. The van der Waals surface area contributed by atoms with E-state index in [9.17, 15) is 30.8 Å². The van der Waals surface area contributed by atoms with Crippen LogP contribution in [0.25, 0.3) is 0 Å². The van der Waals surface area contributed by atoms with Gasteiger partial charge < -0.3 is 5.32 Å². The normalized spacial score (nSPS) is 12.0. The van der Waals surface area contributed by atoms with Crippen LogP contribution in [0.3, 0.4) is 0 Å². The lowest BCUT2D eigenvalue weighted by atomic mass is 10.1. The highest BCUT2D eigenvalue weighted by atomic mass is 32.2. The van der Waals surface area contributed by atoms with Crippen LogP contribution < -0.4 is 10.5 Å². The number of nitrogens with two attached hydrogens (primary N) is 1. The van der Waals surface area contributed by atoms with Gasteiger partial charge in [-0.1, -0.05) is 12.1 Å². The van der Waals surface area contributed by atoms with Crippen molar-refractivity contribution in [3.8, 4) is 0 Å². The Hall–Kier alpha value is -2.46. The zero-order valence-electron chi connectivity index (χ0n) is 13.2. The van der Waals surface area contributed by atoms with E-state index in [1.54, 1.807) is 0 Å². The van der Waals surface area contributed by atoms with E-state index in [-0.39, 0.29) is 17.0 Å². The van der Waals surface area contributed by atoms with Gasteiger partial charge in [0.15, 0.2) is 0 Å². The molecule has 0 radical (unpaired) electrons. The van der Waals surface area contributed by atoms with Gasteiger partial charge in [-0.2, -0.15) is 13.2 Å². The Morgan fingerprint density at radius 3 is 2.23 bits per heavy atom. The standard InChI is InChI=1S/C16H14F4N2O3S/c17-14-6-3-11(9-13(14)16(18,19)20)15(23)22-8-7-10-1-4-12(5-2-10)26(21,24)25/h1-6,9H,7-8H2,(H,22,23)(H2,21,24,25). The molecular weight excluding hydrogens is 376 g/mol. The minimum absolute atomic E-state index is 0.0590. The lowest BCUT2D eigenvalue weighted by Gasteiger charge is -2.10. The number of amides is 1. The number of hydrogen-bond acceptors (Lipinski definition) is 3. The maximum Gasteiger partial charge on any atom is 0.419 e. The minimum atomic E-state index is -4.90. The predicted molar refractivity (Wildman–Crippen MR) is 85.3 cm³/mol. The van der Waals surface area contributed by atoms with Crippen molar-refractivity contribution in [1.29, 1.82) is 0 Å². The molecule has 2 aromatic carbocycles. The number of carbonyl (C=O) groups excluding carboxylic acids is 1. The molecule has 2 aromatic rings. The fourth-order valence-corrected chi connectivity index (χ4v) is 2.67. The van der Waals surface area contributed by atoms with Crippen molar-refractivity contribution in [2.45, 2.75) is 17.5 Å². The molecule has 0 heterocycles. The predicted octanol–water partition coefficient (Wildman–Crippen LogP) is 2.46. The first kappa shape index (κ1) is 19.9. The molecule has 0 unspecified atom stereocenters. The van der Waals surface area contributed by atoms with Crippen LogP contribution >= 0.6 is 0 Å². The summed E-state index contributed by atoms with van der Waals surface area (Å²) >= 11 is 0. The first-order chi connectivity index (χ1) is 12.0. The van der Waals surface area contributed by atoms with E-state index >= 15 is 0 Å². The molecule has 26 heavy (non-hydrogen) atoms. The van der Waals surface area contributed by atoms with E-state index in [1.807, 2.05) is 0 Å². The third-order valence-electron chi connectivity index (χ3n) is 3.49. The lowest BCUT2D eigenvalue weighted by molar-refractivity contribution is -0.140. The third-order valence-corrected chi connectivity index (χ3v) is 4.41. The maximum atomic E-state index is 13.2. The number of primary sulfonamides is 1. The molecule has 0 aliphatic heterocycles. The van der Waals surface area contributed by atoms with Crippen molar-refractivity contribution in [1.82, 2.24) is 5.32 Å². The summed E-state index contributed by atoms with van der Waals surface area (Å²) in [4.78, 5) is 11.9. The number of sulfonamides is 1. The van der Waals surface area contributed by atoms with Gasteiger partial charge in [0.2, 0.25) is 10.0 Å². The van der Waals surface area contributed by atoms with Crippen LogP contribution in [0.15, 0.2) is 47.4 Å². The molecule has 0 aromatic heterocycles. The summed E-state index contributed by atoms with van der Waals surface area (Å²) in [6.07, 6.45) is -4.59. The first-order valence-electron chi connectivity index (χ1n) is 7.25. The largest absolute Gasteiger partial charge is 0.419 e. The van der Waals surface area contributed by atoms with Crippen molar-refractivity contribution in [3.63, 3.8) is 0 Å². The molecule has 0 saturated carbocycles. The summed E-state index contributed by atoms with van der Waals surface area (Å²) in [5.74, 6) is -2.24. The Kier molecular flexibility index (Phi) is 5.67. The highest BCUT2D eigenvalue weighted by molar-refractivity contribution is 7.89. The van der Waals surface area contributed by atoms with Crippen LogP contribution in [0.1, 0.15) is 21.5 Å². The second-order valence-corrected chi connectivity index (χ2v) is 6.95. The molecule has 1 amide bonds. The Balaban J connectivity index is 1.99. The molecule has 3 N–H and O–H groups in total. The number of rotatable bonds is 5. The van der Waals surface area contributed by atoms with Crippen molar-refractivity contribution >= 4 is 15.9 Å². The van der Waals surface area contributed by atoms with Gasteiger partial charge in [-0.15, -0.1) is 0 Å². The van der Waals surface area contributed by atoms with Gasteiger partial charge in [0.1, 0.15) is 5.82 Å². The molecule has 5 nitrogen and oxygen atoms in total. The Labute approximate surface area is 146 Å². The van der Waals surface area contributed by atoms with Gasteiger partial charge in [-0.25, -0.2) is 17.9 Å². The molecule has 140 valence electrons. The van der Waals surface area contributed by atoms with E-state index in [2.05, 4.69) is 5.32 Å². The molecule has 10 heteroatoms. The van der Waals surface area contributed by atoms with Crippen molar-refractivity contribution in [2.24, 2.45) is 5.14 Å². The SMILES string of the molecule is NS(=O)(=O)c1ccc(CCNC(=O)c2ccc(F)c(C(F)(F)F)c2)cc1. The Morgan fingerprint density at radius 1 is 1.08 bits per heavy atom. The highest BCUT2D eigenvalue weighted by Crippen LogP contribution is 2.31. The summed E-state index contributed by atoms with van der Waals surface area (Å²) in [5.41, 5.74) is -1.14. The molecule has 0 atom stereocenters. The highest BCUT2D eigenvalue weighted by Gasteiger charge is 2.34. The van der Waals surface area contributed by atoms with Gasteiger partial charge in [0, 0.05) is 12.1 Å². The van der Waals surface area contributed by atoms with Crippen LogP contribution in [0, 0.1) is 5.82 Å². The summed E-state index contributed by atoms with van der Waals surface area (Å²) in [6, 6.07) is 7.62. The average Bonchev–Trinajstić information content (AvgIpc) is 2.53. The van der Waals surface area contributed by atoms with Crippen LogP contribution in [0.2, 0.25) is 0 Å². The minimum Gasteiger partial charge on any atom is -0.352 e.